The highest BCUT2D eigenvalue weighted by atomic mass is 32.1. The highest BCUT2D eigenvalue weighted by Gasteiger charge is 2.12. The Morgan fingerprint density at radius 1 is 1.62 bits per heavy atom. The third kappa shape index (κ3) is 3.62. The van der Waals surface area contributed by atoms with Crippen LogP contribution in [0.3, 0.4) is 0 Å². The lowest BCUT2D eigenvalue weighted by atomic mass is 10.1. The normalized spacial score (nSPS) is 12.1. The largest absolute Gasteiger partial charge is 0.369 e. The summed E-state index contributed by atoms with van der Waals surface area (Å²) in [6, 6.07) is 0. The average Bonchev–Trinajstić information content (AvgIpc) is 2.63. The van der Waals surface area contributed by atoms with E-state index in [4.69, 9.17) is 5.73 Å². The third-order valence-electron chi connectivity index (χ3n) is 2.20. The van der Waals surface area contributed by atoms with Crippen LogP contribution in [-0.4, -0.2) is 16.8 Å². The van der Waals surface area contributed by atoms with Crippen molar-refractivity contribution in [3.63, 3.8) is 0 Å². The van der Waals surface area contributed by atoms with Gasteiger partial charge in [-0.05, 0) is 6.42 Å². The van der Waals surface area contributed by atoms with Crippen LogP contribution in [0.5, 0.6) is 0 Å². The summed E-state index contributed by atoms with van der Waals surface area (Å²) in [5.74, 6) is -0.518. The first-order chi connectivity index (χ1) is 7.52. The van der Waals surface area contributed by atoms with Crippen molar-refractivity contribution in [1.29, 1.82) is 0 Å². The predicted octanol–water partition coefficient (Wildman–Crippen LogP) is 1.16. The number of carbonyl (C=O) groups is 2. The van der Waals surface area contributed by atoms with Gasteiger partial charge in [-0.15, -0.1) is 11.3 Å². The van der Waals surface area contributed by atoms with E-state index in [1.165, 1.54) is 11.3 Å². The van der Waals surface area contributed by atoms with Crippen molar-refractivity contribution >= 4 is 28.3 Å². The number of rotatable bonds is 5. The van der Waals surface area contributed by atoms with Crippen LogP contribution in [0.15, 0.2) is 5.38 Å². The molecule has 0 saturated heterocycles. The van der Waals surface area contributed by atoms with E-state index in [2.05, 4.69) is 10.3 Å². The molecule has 0 radical (unpaired) electrons. The Balaban J connectivity index is 2.58. The summed E-state index contributed by atoms with van der Waals surface area (Å²) in [5.41, 5.74) is 5.64. The quantitative estimate of drug-likeness (QED) is 0.811. The van der Waals surface area contributed by atoms with Crippen LogP contribution in [0.25, 0.3) is 0 Å². The summed E-state index contributed by atoms with van der Waals surface area (Å²) < 4.78 is 0. The van der Waals surface area contributed by atoms with Gasteiger partial charge in [0.05, 0.1) is 12.1 Å². The summed E-state index contributed by atoms with van der Waals surface area (Å²) in [6.07, 6.45) is 0.890. The van der Waals surface area contributed by atoms with Crippen LogP contribution in [0.1, 0.15) is 26.0 Å². The fourth-order valence-electron chi connectivity index (χ4n) is 1.04. The molecule has 1 rings (SSSR count). The molecule has 6 heteroatoms. The number of aromatic nitrogens is 1. The minimum Gasteiger partial charge on any atom is -0.369 e. The number of nitrogens with two attached hydrogens (primary N) is 1. The number of anilines is 1. The summed E-state index contributed by atoms with van der Waals surface area (Å²) >= 11 is 1.30. The molecule has 0 bridgehead atoms. The number of thiazole rings is 1. The predicted molar refractivity (Wildman–Crippen MR) is 63.1 cm³/mol. The second-order valence-corrected chi connectivity index (χ2v) is 4.44. The van der Waals surface area contributed by atoms with Crippen molar-refractivity contribution in [2.75, 3.05) is 5.32 Å². The molecule has 0 aromatic carbocycles. The van der Waals surface area contributed by atoms with E-state index in [0.29, 0.717) is 10.8 Å². The van der Waals surface area contributed by atoms with Crippen molar-refractivity contribution < 1.29 is 9.59 Å². The van der Waals surface area contributed by atoms with Crippen molar-refractivity contribution in [3.05, 3.63) is 11.1 Å². The molecule has 0 saturated carbocycles. The monoisotopic (exact) mass is 241 g/mol. The van der Waals surface area contributed by atoms with Crippen molar-refractivity contribution in [2.24, 2.45) is 11.7 Å². The molecule has 1 atom stereocenters. The van der Waals surface area contributed by atoms with Crippen LogP contribution in [-0.2, 0) is 16.0 Å². The first-order valence-electron chi connectivity index (χ1n) is 5.06. The Kier molecular flexibility index (Phi) is 4.42. The molecule has 0 spiro atoms. The van der Waals surface area contributed by atoms with E-state index in [1.54, 1.807) is 5.38 Å². The Morgan fingerprint density at radius 3 is 2.88 bits per heavy atom. The molecule has 5 nitrogen and oxygen atoms in total. The van der Waals surface area contributed by atoms with Crippen molar-refractivity contribution in [1.82, 2.24) is 4.98 Å². The van der Waals surface area contributed by atoms with Crippen molar-refractivity contribution in [3.8, 4) is 0 Å². The molecule has 1 aromatic rings. The summed E-state index contributed by atoms with van der Waals surface area (Å²) in [6.45, 7) is 3.80. The Bertz CT molecular complexity index is 389. The summed E-state index contributed by atoms with van der Waals surface area (Å²) in [4.78, 5) is 26.3. The first-order valence-corrected chi connectivity index (χ1v) is 5.94. The number of hydrogen-bond acceptors (Lipinski definition) is 4. The van der Waals surface area contributed by atoms with E-state index in [9.17, 15) is 9.59 Å². The van der Waals surface area contributed by atoms with Gasteiger partial charge in [0, 0.05) is 11.3 Å². The molecule has 1 aromatic heterocycles. The Hall–Kier alpha value is -1.43. The van der Waals surface area contributed by atoms with Crippen LogP contribution in [0, 0.1) is 5.92 Å². The second-order valence-electron chi connectivity index (χ2n) is 3.59. The van der Waals surface area contributed by atoms with Crippen LogP contribution in [0.4, 0.5) is 5.13 Å². The molecule has 0 fully saturated rings. The van der Waals surface area contributed by atoms with Crippen LogP contribution in [0.2, 0.25) is 0 Å². The topological polar surface area (TPSA) is 85.1 Å². The SMILES string of the molecule is CC[C@H](C)C(=O)Nc1nc(CC(N)=O)cs1. The molecule has 88 valence electrons. The van der Waals surface area contributed by atoms with E-state index < -0.39 is 5.91 Å². The Morgan fingerprint density at radius 2 is 2.31 bits per heavy atom. The number of carbonyl (C=O) groups excluding carboxylic acids is 2. The van der Waals surface area contributed by atoms with Crippen molar-refractivity contribution in [2.45, 2.75) is 26.7 Å². The minimum absolute atomic E-state index is 0.0384. The zero-order chi connectivity index (χ0) is 12.1. The fraction of sp³-hybridized carbons (Fsp3) is 0.500. The van der Waals surface area contributed by atoms with Crippen LogP contribution < -0.4 is 11.1 Å². The van der Waals surface area contributed by atoms with Gasteiger partial charge in [-0.3, -0.25) is 9.59 Å². The molecule has 1 heterocycles. The highest BCUT2D eigenvalue weighted by molar-refractivity contribution is 7.13. The molecule has 0 aliphatic rings. The van der Waals surface area contributed by atoms with E-state index in [1.807, 2.05) is 13.8 Å². The molecule has 3 N–H and O–H groups in total. The van der Waals surface area contributed by atoms with E-state index in [-0.39, 0.29) is 18.2 Å². The van der Waals surface area contributed by atoms with Gasteiger partial charge in [-0.2, -0.15) is 0 Å². The molecule has 0 unspecified atom stereocenters. The zero-order valence-electron chi connectivity index (χ0n) is 9.32. The van der Waals surface area contributed by atoms with Gasteiger partial charge in [-0.25, -0.2) is 4.98 Å². The number of nitrogens with one attached hydrogen (secondary N) is 1. The number of nitrogens with zero attached hydrogens (tertiary/aromatic N) is 1. The molecule has 16 heavy (non-hydrogen) atoms. The average molecular weight is 241 g/mol. The van der Waals surface area contributed by atoms with Gasteiger partial charge in [0.2, 0.25) is 11.8 Å². The Labute approximate surface area is 98.1 Å². The lowest BCUT2D eigenvalue weighted by molar-refractivity contribution is -0.119. The summed E-state index contributed by atoms with van der Waals surface area (Å²) in [7, 11) is 0. The summed E-state index contributed by atoms with van der Waals surface area (Å²) in [5, 5.41) is 4.94. The maximum atomic E-state index is 11.5. The van der Waals surface area contributed by atoms with Gasteiger partial charge in [0.25, 0.3) is 0 Å². The van der Waals surface area contributed by atoms with Gasteiger partial charge in [0.1, 0.15) is 0 Å². The first kappa shape index (κ1) is 12.6. The smallest absolute Gasteiger partial charge is 0.228 e. The maximum absolute atomic E-state index is 11.5. The lowest BCUT2D eigenvalue weighted by Crippen LogP contribution is -2.19. The fourth-order valence-corrected chi connectivity index (χ4v) is 1.75. The molecule has 2 amide bonds. The highest BCUT2D eigenvalue weighted by Crippen LogP contribution is 2.17. The molecule has 0 aliphatic heterocycles. The second kappa shape index (κ2) is 5.60. The third-order valence-corrected chi connectivity index (χ3v) is 3.00. The van der Waals surface area contributed by atoms with Gasteiger partial charge >= 0.3 is 0 Å². The van der Waals surface area contributed by atoms with Crippen LogP contribution >= 0.6 is 11.3 Å². The van der Waals surface area contributed by atoms with Gasteiger partial charge in [-0.1, -0.05) is 13.8 Å². The number of hydrogen-bond donors (Lipinski definition) is 2. The number of amides is 2. The van der Waals surface area contributed by atoms with E-state index >= 15 is 0 Å². The molecular formula is C10H15N3O2S. The number of primary amides is 1. The zero-order valence-corrected chi connectivity index (χ0v) is 10.1. The van der Waals surface area contributed by atoms with Gasteiger partial charge in [0.15, 0.2) is 5.13 Å². The minimum atomic E-state index is -0.426. The standard InChI is InChI=1S/C10H15N3O2S/c1-3-6(2)9(15)13-10-12-7(5-16-10)4-8(11)14/h5-6H,3-4H2,1-2H3,(H2,11,14)(H,12,13,15)/t6-/m0/s1. The maximum Gasteiger partial charge on any atom is 0.228 e. The molecular weight excluding hydrogens is 226 g/mol. The lowest BCUT2D eigenvalue weighted by Gasteiger charge is -2.06. The van der Waals surface area contributed by atoms with Gasteiger partial charge < -0.3 is 11.1 Å². The molecule has 0 aliphatic carbocycles. The van der Waals surface area contributed by atoms with E-state index in [0.717, 1.165) is 6.42 Å².